The first-order valence-corrected chi connectivity index (χ1v) is 23.1. The number of morpholine rings is 1. The molecule has 0 unspecified atom stereocenters. The summed E-state index contributed by atoms with van der Waals surface area (Å²) in [5.74, 6) is -3.40. The molecule has 64 heavy (non-hydrogen) atoms. The highest BCUT2D eigenvalue weighted by atomic mass is 32.2. The number of fused-ring (bicyclic) bond motifs is 3. The molecule has 0 spiro atoms. The highest BCUT2D eigenvalue weighted by Crippen LogP contribution is 2.48. The van der Waals surface area contributed by atoms with Gasteiger partial charge in [0.1, 0.15) is 40.9 Å². The number of alkyl halides is 4. The van der Waals surface area contributed by atoms with Gasteiger partial charge >= 0.3 is 12.3 Å². The number of benzene rings is 1. The van der Waals surface area contributed by atoms with Crippen LogP contribution in [0.3, 0.4) is 0 Å². The molecule has 3 aliphatic heterocycles. The number of nitrogens with zero attached hydrogens (tertiary/aromatic N) is 3. The van der Waals surface area contributed by atoms with Gasteiger partial charge < -0.3 is 39.4 Å². The lowest BCUT2D eigenvalue weighted by Crippen LogP contribution is -2.60. The summed E-state index contributed by atoms with van der Waals surface area (Å²) in [5.41, 5.74) is -3.90. The molecular weight excluding hydrogens is 869 g/mol. The second-order valence-electron chi connectivity index (χ2n) is 18.3. The third kappa shape index (κ3) is 9.42. The van der Waals surface area contributed by atoms with Crippen molar-refractivity contribution in [2.24, 2.45) is 17.8 Å². The van der Waals surface area contributed by atoms with E-state index in [1.54, 1.807) is 31.3 Å². The van der Waals surface area contributed by atoms with Crippen LogP contribution in [-0.2, 0) is 33.9 Å². The van der Waals surface area contributed by atoms with Crippen molar-refractivity contribution in [3.8, 4) is 11.6 Å². The Balaban J connectivity index is 1.24. The van der Waals surface area contributed by atoms with Crippen molar-refractivity contribution in [3.05, 3.63) is 36.5 Å². The molecule has 1 aromatic carbocycles. The summed E-state index contributed by atoms with van der Waals surface area (Å²) in [6.45, 7) is 5.72. The number of amides is 4. The lowest BCUT2D eigenvalue weighted by molar-refractivity contribution is -0.244. The second-order valence-corrected chi connectivity index (χ2v) is 20.4. The number of allylic oxidation sites excluding steroid dienone is 1. The lowest BCUT2D eigenvalue weighted by Gasteiger charge is -2.34. The van der Waals surface area contributed by atoms with Crippen LogP contribution in [0.5, 0.6) is 11.6 Å². The number of carbonyl (C=O) groups excluding carboxylic acids is 4. The summed E-state index contributed by atoms with van der Waals surface area (Å²) < 4.78 is 105. The minimum absolute atomic E-state index is 0.00623. The first-order valence-electron chi connectivity index (χ1n) is 21.6. The normalized spacial score (nSPS) is 29.3. The van der Waals surface area contributed by atoms with E-state index in [4.69, 9.17) is 18.9 Å². The molecule has 3 N–H and O–H groups in total. The summed E-state index contributed by atoms with van der Waals surface area (Å²) in [4.78, 5) is 64.8. The molecule has 4 heterocycles. The highest BCUT2D eigenvalue weighted by Gasteiger charge is 2.64. The van der Waals surface area contributed by atoms with Crippen LogP contribution in [0.2, 0.25) is 0 Å². The van der Waals surface area contributed by atoms with Crippen LogP contribution in [0, 0.1) is 17.8 Å². The van der Waals surface area contributed by atoms with Crippen molar-refractivity contribution < 1.29 is 64.1 Å². The second kappa shape index (κ2) is 17.8. The molecule has 2 saturated heterocycles. The molecule has 4 fully saturated rings. The monoisotopic (exact) mass is 924 g/mol. The van der Waals surface area contributed by atoms with Crippen molar-refractivity contribution in [3.63, 3.8) is 0 Å². The van der Waals surface area contributed by atoms with Gasteiger partial charge in [-0.2, -0.15) is 13.2 Å². The predicted octanol–water partition coefficient (Wildman–Crippen LogP) is 4.70. The van der Waals surface area contributed by atoms with Crippen LogP contribution in [0.1, 0.15) is 72.6 Å². The van der Waals surface area contributed by atoms with Gasteiger partial charge in [0, 0.05) is 36.2 Å². The number of nitrogens with one attached hydrogen (secondary N) is 3. The topological polar surface area (TPSA) is 195 Å². The van der Waals surface area contributed by atoms with Gasteiger partial charge in [0.15, 0.2) is 0 Å². The maximum absolute atomic E-state index is 14.9. The van der Waals surface area contributed by atoms with Crippen molar-refractivity contribution >= 4 is 50.3 Å². The van der Waals surface area contributed by atoms with E-state index in [1.165, 1.54) is 7.11 Å². The number of rotatable bonds is 10. The minimum Gasteiger partial charge on any atom is -0.497 e. The third-order valence-electron chi connectivity index (χ3n) is 13.2. The number of carbonyl (C=O) groups is 4. The van der Waals surface area contributed by atoms with Gasteiger partial charge in [0.25, 0.3) is 5.91 Å². The number of sulfonamides is 1. The summed E-state index contributed by atoms with van der Waals surface area (Å²) in [5, 5.41) is 6.46. The van der Waals surface area contributed by atoms with E-state index >= 15 is 0 Å². The van der Waals surface area contributed by atoms with Crippen LogP contribution < -0.4 is 29.7 Å². The molecule has 2 saturated carbocycles. The Labute approximate surface area is 369 Å². The van der Waals surface area contributed by atoms with E-state index in [0.717, 1.165) is 16.0 Å². The number of hydrogen-bond acceptors (Lipinski definition) is 12. The molecule has 7 rings (SSSR count). The number of methoxy groups -OCH3 is 1. The van der Waals surface area contributed by atoms with E-state index in [2.05, 4.69) is 20.5 Å². The molecule has 5 aliphatic rings. The van der Waals surface area contributed by atoms with Crippen molar-refractivity contribution in [2.75, 3.05) is 51.5 Å². The van der Waals surface area contributed by atoms with Gasteiger partial charge in [-0.15, -0.1) is 0 Å². The zero-order valence-corrected chi connectivity index (χ0v) is 37.3. The third-order valence-corrected chi connectivity index (χ3v) is 15.3. The minimum atomic E-state index is -4.94. The molecule has 2 aromatic rings. The molecule has 352 valence electrons. The first-order chi connectivity index (χ1) is 30.1. The van der Waals surface area contributed by atoms with E-state index in [0.29, 0.717) is 70.5 Å². The zero-order chi connectivity index (χ0) is 46.4. The van der Waals surface area contributed by atoms with Gasteiger partial charge in [0.05, 0.1) is 38.8 Å². The highest BCUT2D eigenvalue weighted by molar-refractivity contribution is 7.91. The maximum atomic E-state index is 14.9. The number of aromatic nitrogens is 1. The Morgan fingerprint density at radius 2 is 1.80 bits per heavy atom. The number of ether oxygens (including phenoxy) is 4. The standard InChI is InChI=1S/C43H56F4N6O10S/c1-25-8-6-7-9-27-21-42(27,38(56)51-64(58,59)41(24-44)12-13-41)50-35(54)32-20-29(23-53(32)37(55)34(26(2)18-25)49-39(57)63-40(3,4)43(45,46)47)62-36-30-11-10-28(60-5)19-31(30)33(22-48-36)52-14-16-61-17-15-52/h7,9-11,19,22,25-27,29,32,34H,6,8,12-18,20-21,23-24H2,1-5H3,(H,49,57)(H,50,54)(H,51,56)/b9-7-/t25-,26-,27-,29-,32+,34+,42-/m1/s1. The number of alkyl carbamates (subject to hydrolysis) is 1. The Kier molecular flexibility index (Phi) is 13.1. The largest absolute Gasteiger partial charge is 0.497 e. The molecule has 7 atom stereocenters. The molecule has 21 heteroatoms. The Bertz CT molecular complexity index is 2270. The van der Waals surface area contributed by atoms with Crippen LogP contribution >= 0.6 is 0 Å². The van der Waals surface area contributed by atoms with Crippen LogP contribution in [0.15, 0.2) is 36.5 Å². The fraction of sp³-hybridized carbons (Fsp3) is 0.651. The van der Waals surface area contributed by atoms with E-state index in [1.807, 2.05) is 23.8 Å². The van der Waals surface area contributed by atoms with Crippen LogP contribution in [0.25, 0.3) is 10.8 Å². The summed E-state index contributed by atoms with van der Waals surface area (Å²) in [6.07, 6.45) is -0.921. The molecule has 1 aromatic heterocycles. The van der Waals surface area contributed by atoms with E-state index in [-0.39, 0.29) is 44.0 Å². The lowest BCUT2D eigenvalue weighted by atomic mass is 9.88. The Hall–Kier alpha value is -4.92. The van der Waals surface area contributed by atoms with E-state index < -0.39 is 92.6 Å². The quantitative estimate of drug-likeness (QED) is 0.220. The smallest absolute Gasteiger partial charge is 0.427 e. The zero-order valence-electron chi connectivity index (χ0n) is 36.5. The van der Waals surface area contributed by atoms with Crippen molar-refractivity contribution in [1.82, 2.24) is 25.2 Å². The molecule has 0 radical (unpaired) electrons. The summed E-state index contributed by atoms with van der Waals surface area (Å²) >= 11 is 0. The summed E-state index contributed by atoms with van der Waals surface area (Å²) in [6, 6.07) is 2.46. The molecule has 16 nitrogen and oxygen atoms in total. The van der Waals surface area contributed by atoms with Crippen molar-refractivity contribution in [1.29, 1.82) is 0 Å². The average Bonchev–Trinajstić information content (AvgIpc) is 4.15. The van der Waals surface area contributed by atoms with Gasteiger partial charge in [0.2, 0.25) is 33.3 Å². The molecule has 4 amide bonds. The van der Waals surface area contributed by atoms with Gasteiger partial charge in [-0.3, -0.25) is 19.1 Å². The fourth-order valence-corrected chi connectivity index (χ4v) is 10.2. The van der Waals surface area contributed by atoms with Gasteiger partial charge in [-0.05, 0) is 82.4 Å². The number of pyridine rings is 1. The Morgan fingerprint density at radius 3 is 2.45 bits per heavy atom. The predicted molar refractivity (Wildman–Crippen MR) is 225 cm³/mol. The van der Waals surface area contributed by atoms with Crippen molar-refractivity contribution in [2.45, 2.75) is 113 Å². The van der Waals surface area contributed by atoms with E-state index in [9.17, 15) is 45.2 Å². The van der Waals surface area contributed by atoms with Gasteiger partial charge in [-0.1, -0.05) is 26.0 Å². The summed E-state index contributed by atoms with van der Waals surface area (Å²) in [7, 11) is -2.94. The SMILES string of the molecule is COc1ccc2c(O[C@@H]3C[C@H]4C(=O)N[C@]5(C(=O)NS(=O)(=O)C6(CF)CC6)C[C@H]5/C=C\CC[C@@H](C)C[C@@H](C)[C@H](NC(=O)OC(C)(C)C(F)(F)F)C(=O)N4C3)ncc(N3CCOCC3)c2c1. The van der Waals surface area contributed by atoms with Gasteiger partial charge in [-0.25, -0.2) is 22.6 Å². The first kappa shape index (κ1) is 47.1. The fourth-order valence-electron chi connectivity index (χ4n) is 8.81. The Morgan fingerprint density at radius 1 is 1.08 bits per heavy atom. The maximum Gasteiger partial charge on any atom is 0.427 e. The molecular formula is C43H56F4N6O10S. The number of hydrogen-bond donors (Lipinski definition) is 3. The van der Waals surface area contributed by atoms with Crippen LogP contribution in [0.4, 0.5) is 28.0 Å². The molecule has 0 bridgehead atoms. The number of anilines is 1. The van der Waals surface area contributed by atoms with Crippen LogP contribution in [-0.4, -0.2) is 129 Å². The average molecular weight is 925 g/mol. The molecule has 2 aliphatic carbocycles. The number of halogens is 4.